The number of nitrogens with one attached hydrogen (secondary N) is 1. The summed E-state index contributed by atoms with van der Waals surface area (Å²) in [5.74, 6) is 2.90. The molecule has 5 rings (SSSR count). The van der Waals surface area contributed by atoms with Crippen LogP contribution in [0.25, 0.3) is 5.69 Å². The summed E-state index contributed by atoms with van der Waals surface area (Å²) in [6, 6.07) is 4.92. The number of nitrogens with zero attached hydrogens (tertiary/aromatic N) is 6. The molecule has 0 radical (unpaired) electrons. The maximum atomic E-state index is 11.9. The van der Waals surface area contributed by atoms with Crippen molar-refractivity contribution < 1.29 is 14.6 Å². The predicted octanol–water partition coefficient (Wildman–Crippen LogP) is 4.67. The van der Waals surface area contributed by atoms with Crippen LogP contribution in [0.1, 0.15) is 73.5 Å². The van der Waals surface area contributed by atoms with Crippen molar-refractivity contribution in [2.24, 2.45) is 5.92 Å². The molecule has 1 aromatic carbocycles. The monoisotopic (exact) mass is 477 g/mol. The number of hydrogen-bond donors (Lipinski definition) is 2. The summed E-state index contributed by atoms with van der Waals surface area (Å²) in [6.07, 6.45) is 8.93. The van der Waals surface area contributed by atoms with E-state index in [0.29, 0.717) is 23.3 Å². The summed E-state index contributed by atoms with van der Waals surface area (Å²) in [5, 5.41) is 21.7. The van der Waals surface area contributed by atoms with Gasteiger partial charge in [0.25, 0.3) is 0 Å². The molecular weight excluding hydrogens is 446 g/mol. The van der Waals surface area contributed by atoms with E-state index in [0.717, 1.165) is 36.1 Å². The van der Waals surface area contributed by atoms with Crippen molar-refractivity contribution in [1.82, 2.24) is 24.7 Å². The van der Waals surface area contributed by atoms with Crippen LogP contribution in [0.15, 0.2) is 24.4 Å². The van der Waals surface area contributed by atoms with E-state index in [1.54, 1.807) is 18.3 Å². The molecule has 0 amide bonds. The van der Waals surface area contributed by atoms with E-state index in [1.165, 1.54) is 45.3 Å². The number of aromatic nitrogens is 5. The van der Waals surface area contributed by atoms with Crippen molar-refractivity contribution in [3.8, 4) is 11.4 Å². The molecular formula is C25H31N7O3. The molecule has 1 aliphatic carbocycles. The third-order valence-electron chi connectivity index (χ3n) is 7.06. The first kappa shape index (κ1) is 23.1. The van der Waals surface area contributed by atoms with E-state index in [9.17, 15) is 9.90 Å². The van der Waals surface area contributed by atoms with Crippen LogP contribution in [0.5, 0.6) is 5.75 Å². The van der Waals surface area contributed by atoms with Gasteiger partial charge in [0, 0.05) is 6.54 Å². The van der Waals surface area contributed by atoms with Crippen LogP contribution < -0.4 is 15.0 Å². The Bertz CT molecular complexity index is 1240. The molecule has 35 heavy (non-hydrogen) atoms. The molecule has 2 aliphatic rings. The number of aromatic carboxylic acids is 1. The highest BCUT2D eigenvalue weighted by atomic mass is 16.5. The highest BCUT2D eigenvalue weighted by Crippen LogP contribution is 2.41. The van der Waals surface area contributed by atoms with Crippen molar-refractivity contribution in [3.63, 3.8) is 0 Å². The van der Waals surface area contributed by atoms with Crippen molar-refractivity contribution in [3.05, 3.63) is 41.6 Å². The van der Waals surface area contributed by atoms with E-state index >= 15 is 0 Å². The second-order valence-corrected chi connectivity index (χ2v) is 9.27. The molecule has 1 saturated carbocycles. The van der Waals surface area contributed by atoms with Gasteiger partial charge in [0.2, 0.25) is 5.95 Å². The Hall–Kier alpha value is -3.69. The van der Waals surface area contributed by atoms with Crippen LogP contribution in [0.3, 0.4) is 0 Å². The highest BCUT2D eigenvalue weighted by molar-refractivity contribution is 5.95. The molecule has 10 heteroatoms. The SMILES string of the molecule is CC[C@H]1c2nnc(C)n2-c2cnc(Nc3ccc(OC)cc3C(=O)O)nc2N1CC1CCCCC1. The maximum Gasteiger partial charge on any atom is 0.337 e. The van der Waals surface area contributed by atoms with Gasteiger partial charge in [0.15, 0.2) is 11.6 Å². The molecule has 1 aliphatic heterocycles. The largest absolute Gasteiger partial charge is 0.497 e. The molecule has 3 heterocycles. The predicted molar refractivity (Wildman–Crippen MR) is 132 cm³/mol. The van der Waals surface area contributed by atoms with Crippen molar-refractivity contribution in [2.75, 3.05) is 23.9 Å². The number of fused-ring (bicyclic) bond motifs is 3. The minimum atomic E-state index is -1.06. The molecule has 1 fully saturated rings. The van der Waals surface area contributed by atoms with Gasteiger partial charge in [0.05, 0.1) is 30.6 Å². The molecule has 2 aromatic heterocycles. The van der Waals surface area contributed by atoms with Crippen LogP contribution in [0, 0.1) is 12.8 Å². The fourth-order valence-corrected chi connectivity index (χ4v) is 5.30. The van der Waals surface area contributed by atoms with Gasteiger partial charge in [-0.1, -0.05) is 26.2 Å². The number of carboxylic acids is 1. The van der Waals surface area contributed by atoms with E-state index in [4.69, 9.17) is 9.72 Å². The smallest absolute Gasteiger partial charge is 0.337 e. The third-order valence-corrected chi connectivity index (χ3v) is 7.06. The van der Waals surface area contributed by atoms with E-state index < -0.39 is 5.97 Å². The Morgan fingerprint density at radius 1 is 1.23 bits per heavy atom. The zero-order chi connectivity index (χ0) is 24.5. The van der Waals surface area contributed by atoms with Crippen LogP contribution in [0.2, 0.25) is 0 Å². The Morgan fingerprint density at radius 3 is 2.74 bits per heavy atom. The van der Waals surface area contributed by atoms with E-state index in [1.807, 2.05) is 11.5 Å². The standard InChI is InChI=1S/C25H31N7O3/c1-4-20-23-30-29-15(2)32(23)21-13-26-25(27-19-11-10-17(35-3)12-18(19)24(33)34)28-22(21)31(20)14-16-8-6-5-7-9-16/h10-13,16,20H,4-9,14H2,1-3H3,(H,33,34)(H,26,27,28)/t20-/m0/s1. The first-order valence-corrected chi connectivity index (χ1v) is 12.2. The lowest BCUT2D eigenvalue weighted by molar-refractivity contribution is 0.0697. The zero-order valence-electron chi connectivity index (χ0n) is 20.4. The summed E-state index contributed by atoms with van der Waals surface area (Å²) in [5.41, 5.74) is 1.34. The maximum absolute atomic E-state index is 11.9. The van der Waals surface area contributed by atoms with Gasteiger partial charge < -0.3 is 20.1 Å². The van der Waals surface area contributed by atoms with Crippen LogP contribution in [-0.4, -0.2) is 49.5 Å². The summed E-state index contributed by atoms with van der Waals surface area (Å²) in [6.45, 7) is 5.00. The zero-order valence-corrected chi connectivity index (χ0v) is 20.4. The second-order valence-electron chi connectivity index (χ2n) is 9.27. The van der Waals surface area contributed by atoms with Gasteiger partial charge in [-0.3, -0.25) is 4.57 Å². The van der Waals surface area contributed by atoms with Gasteiger partial charge in [-0.2, -0.15) is 4.98 Å². The van der Waals surface area contributed by atoms with Crippen molar-refractivity contribution >= 4 is 23.4 Å². The molecule has 3 aromatic rings. The average molecular weight is 478 g/mol. The van der Waals surface area contributed by atoms with E-state index in [-0.39, 0.29) is 11.6 Å². The molecule has 0 bridgehead atoms. The summed E-state index contributed by atoms with van der Waals surface area (Å²) in [4.78, 5) is 23.7. The number of carbonyl (C=O) groups is 1. The Balaban J connectivity index is 1.56. The normalized spacial score (nSPS) is 17.6. The number of benzene rings is 1. The molecule has 0 spiro atoms. The number of methoxy groups -OCH3 is 1. The summed E-state index contributed by atoms with van der Waals surface area (Å²) >= 11 is 0. The number of ether oxygens (including phenoxy) is 1. The highest BCUT2D eigenvalue weighted by Gasteiger charge is 2.36. The van der Waals surface area contributed by atoms with Gasteiger partial charge in [0.1, 0.15) is 17.3 Å². The summed E-state index contributed by atoms with van der Waals surface area (Å²) < 4.78 is 7.23. The van der Waals surface area contributed by atoms with Crippen LogP contribution in [-0.2, 0) is 0 Å². The molecule has 0 unspecified atom stereocenters. The molecule has 2 N–H and O–H groups in total. The fourth-order valence-electron chi connectivity index (χ4n) is 5.30. The Morgan fingerprint density at radius 2 is 2.03 bits per heavy atom. The minimum Gasteiger partial charge on any atom is -0.497 e. The van der Waals surface area contributed by atoms with Gasteiger partial charge >= 0.3 is 5.97 Å². The number of anilines is 3. The lowest BCUT2D eigenvalue weighted by Gasteiger charge is -2.39. The molecule has 0 saturated heterocycles. The molecule has 10 nitrogen and oxygen atoms in total. The van der Waals surface area contributed by atoms with Gasteiger partial charge in [-0.25, -0.2) is 9.78 Å². The first-order chi connectivity index (χ1) is 17.0. The number of carboxylic acid groups (broad SMARTS) is 1. The number of aryl methyl sites for hydroxylation is 1. The van der Waals surface area contributed by atoms with Gasteiger partial charge in [-0.05, 0) is 50.3 Å². The molecule has 1 atom stereocenters. The lowest BCUT2D eigenvalue weighted by atomic mass is 9.88. The fraction of sp³-hybridized carbons (Fsp3) is 0.480. The average Bonchev–Trinajstić information content (AvgIpc) is 3.26. The lowest BCUT2D eigenvalue weighted by Crippen LogP contribution is -2.39. The first-order valence-electron chi connectivity index (χ1n) is 12.2. The molecule has 184 valence electrons. The third kappa shape index (κ3) is 4.28. The second kappa shape index (κ2) is 9.52. The minimum absolute atomic E-state index is 0.0592. The van der Waals surface area contributed by atoms with Crippen molar-refractivity contribution in [1.29, 1.82) is 0 Å². The Kier molecular flexibility index (Phi) is 6.27. The summed E-state index contributed by atoms with van der Waals surface area (Å²) in [7, 11) is 1.51. The topological polar surface area (TPSA) is 118 Å². The van der Waals surface area contributed by atoms with Crippen molar-refractivity contribution in [2.45, 2.75) is 58.4 Å². The Labute approximate surface area is 204 Å². The number of rotatable bonds is 7. The number of hydrogen-bond acceptors (Lipinski definition) is 8. The van der Waals surface area contributed by atoms with E-state index in [2.05, 4.69) is 32.3 Å². The van der Waals surface area contributed by atoms with Crippen LogP contribution in [0.4, 0.5) is 17.5 Å². The van der Waals surface area contributed by atoms with Gasteiger partial charge in [-0.15, -0.1) is 10.2 Å². The van der Waals surface area contributed by atoms with Crippen LogP contribution >= 0.6 is 0 Å². The quantitative estimate of drug-likeness (QED) is 0.500.